The quantitative estimate of drug-likeness (QED) is 0.428. The molecule has 0 saturated heterocycles. The van der Waals surface area contributed by atoms with Crippen molar-refractivity contribution in [2.75, 3.05) is 0 Å². The molecule has 2 rings (SSSR count). The molecule has 1 saturated carbocycles. The first-order chi connectivity index (χ1) is 10.5. The predicted molar refractivity (Wildman–Crippen MR) is 89.8 cm³/mol. The number of nitrogens with zero attached hydrogens (tertiary/aromatic N) is 1. The van der Waals surface area contributed by atoms with Gasteiger partial charge in [0.1, 0.15) is 0 Å². The standard InChI is InChI=1S/C19H25NO2/c1-5-9-16-17(13-19(16,4)12-14(2)3)20-22-18(21)15-10-7-6-8-11-15/h5-8,10-11,14,16H,1,9,12-13H2,2-4H3/b20-17-. The molecule has 1 aromatic carbocycles. The molecule has 2 atom stereocenters. The SMILES string of the molecule is C=CCC1/C(=N\OC(=O)c2ccccc2)CC1(C)CC(C)C. The Morgan fingerprint density at radius 3 is 2.73 bits per heavy atom. The van der Waals surface area contributed by atoms with Crippen LogP contribution in [0.5, 0.6) is 0 Å². The first kappa shape index (κ1) is 16.5. The molecule has 1 aromatic rings. The summed E-state index contributed by atoms with van der Waals surface area (Å²) in [6.45, 7) is 10.6. The Hall–Kier alpha value is -1.90. The van der Waals surface area contributed by atoms with Gasteiger partial charge in [0.2, 0.25) is 0 Å². The van der Waals surface area contributed by atoms with Gasteiger partial charge in [-0.25, -0.2) is 4.79 Å². The molecule has 3 heteroatoms. The van der Waals surface area contributed by atoms with Crippen LogP contribution in [-0.2, 0) is 4.84 Å². The summed E-state index contributed by atoms with van der Waals surface area (Å²) in [5.41, 5.74) is 1.74. The molecular formula is C19H25NO2. The molecule has 0 radical (unpaired) electrons. The van der Waals surface area contributed by atoms with Crippen molar-refractivity contribution in [2.24, 2.45) is 22.4 Å². The Morgan fingerprint density at radius 2 is 2.14 bits per heavy atom. The lowest BCUT2D eigenvalue weighted by molar-refractivity contribution is 0.0488. The molecule has 22 heavy (non-hydrogen) atoms. The van der Waals surface area contributed by atoms with Crippen LogP contribution in [0, 0.1) is 17.3 Å². The lowest BCUT2D eigenvalue weighted by atomic mass is 9.56. The van der Waals surface area contributed by atoms with Crippen LogP contribution in [0.15, 0.2) is 48.1 Å². The van der Waals surface area contributed by atoms with Crippen molar-refractivity contribution in [2.45, 2.75) is 40.0 Å². The third-order valence-corrected chi connectivity index (χ3v) is 4.36. The second kappa shape index (κ2) is 6.91. The fourth-order valence-electron chi connectivity index (χ4n) is 3.49. The van der Waals surface area contributed by atoms with Gasteiger partial charge in [0.05, 0.1) is 11.3 Å². The van der Waals surface area contributed by atoms with E-state index in [1.807, 2.05) is 24.3 Å². The Morgan fingerprint density at radius 1 is 1.45 bits per heavy atom. The molecule has 118 valence electrons. The maximum atomic E-state index is 11.9. The number of carbonyl (C=O) groups excluding carboxylic acids is 1. The van der Waals surface area contributed by atoms with Crippen LogP contribution in [0.2, 0.25) is 0 Å². The fourth-order valence-corrected chi connectivity index (χ4v) is 3.49. The van der Waals surface area contributed by atoms with Gasteiger partial charge in [-0.1, -0.05) is 50.2 Å². The number of allylic oxidation sites excluding steroid dienone is 1. The predicted octanol–water partition coefficient (Wildman–Crippen LogP) is 4.85. The number of hydrogen-bond donors (Lipinski definition) is 0. The minimum Gasteiger partial charge on any atom is -0.313 e. The van der Waals surface area contributed by atoms with E-state index < -0.39 is 5.97 Å². The lowest BCUT2D eigenvalue weighted by Crippen LogP contribution is -2.47. The summed E-state index contributed by atoms with van der Waals surface area (Å²) < 4.78 is 0. The lowest BCUT2D eigenvalue weighted by Gasteiger charge is -2.48. The molecule has 1 aliphatic carbocycles. The third kappa shape index (κ3) is 3.65. The van der Waals surface area contributed by atoms with Gasteiger partial charge in [-0.05, 0) is 42.7 Å². The zero-order valence-electron chi connectivity index (χ0n) is 13.7. The summed E-state index contributed by atoms with van der Waals surface area (Å²) >= 11 is 0. The zero-order chi connectivity index (χ0) is 16.2. The van der Waals surface area contributed by atoms with E-state index in [-0.39, 0.29) is 5.41 Å². The Bertz CT molecular complexity index is 562. The number of benzene rings is 1. The highest BCUT2D eigenvalue weighted by Crippen LogP contribution is 2.50. The number of rotatable bonds is 6. The second-order valence-electron chi connectivity index (χ2n) is 6.83. The molecule has 0 aliphatic heterocycles. The highest BCUT2D eigenvalue weighted by molar-refractivity contribution is 5.95. The molecule has 0 bridgehead atoms. The van der Waals surface area contributed by atoms with Gasteiger partial charge in [0.15, 0.2) is 0 Å². The topological polar surface area (TPSA) is 38.7 Å². The van der Waals surface area contributed by atoms with Gasteiger partial charge in [-0.3, -0.25) is 0 Å². The van der Waals surface area contributed by atoms with Crippen molar-refractivity contribution < 1.29 is 9.63 Å². The molecule has 0 heterocycles. The minimum absolute atomic E-state index is 0.236. The van der Waals surface area contributed by atoms with Crippen LogP contribution in [0.25, 0.3) is 0 Å². The van der Waals surface area contributed by atoms with Crippen molar-refractivity contribution >= 4 is 11.7 Å². The molecule has 0 spiro atoms. The monoisotopic (exact) mass is 299 g/mol. The summed E-state index contributed by atoms with van der Waals surface area (Å²) in [6.07, 6.45) is 4.85. The molecule has 1 aliphatic rings. The van der Waals surface area contributed by atoms with Gasteiger partial charge in [0, 0.05) is 5.92 Å². The van der Waals surface area contributed by atoms with Crippen LogP contribution >= 0.6 is 0 Å². The average molecular weight is 299 g/mol. The van der Waals surface area contributed by atoms with E-state index in [0.29, 0.717) is 17.4 Å². The van der Waals surface area contributed by atoms with E-state index in [2.05, 4.69) is 32.5 Å². The highest BCUT2D eigenvalue weighted by atomic mass is 16.7. The molecule has 1 fully saturated rings. The Labute approximate surface area is 133 Å². The van der Waals surface area contributed by atoms with Crippen LogP contribution in [-0.4, -0.2) is 11.7 Å². The highest BCUT2D eigenvalue weighted by Gasteiger charge is 2.47. The van der Waals surface area contributed by atoms with E-state index in [1.54, 1.807) is 12.1 Å². The fraction of sp³-hybridized carbons (Fsp3) is 0.474. The average Bonchev–Trinajstić information content (AvgIpc) is 2.49. The van der Waals surface area contributed by atoms with Crippen molar-refractivity contribution in [1.29, 1.82) is 0 Å². The number of oxime groups is 1. The molecule has 0 amide bonds. The summed E-state index contributed by atoms with van der Waals surface area (Å²) in [5, 5.41) is 4.13. The molecule has 2 unspecified atom stereocenters. The molecule has 0 N–H and O–H groups in total. The first-order valence-corrected chi connectivity index (χ1v) is 7.90. The van der Waals surface area contributed by atoms with Crippen LogP contribution in [0.4, 0.5) is 0 Å². The maximum Gasteiger partial charge on any atom is 0.365 e. The van der Waals surface area contributed by atoms with Crippen molar-refractivity contribution in [3.05, 3.63) is 48.6 Å². The minimum atomic E-state index is -0.400. The molecule has 0 aromatic heterocycles. The summed E-state index contributed by atoms with van der Waals surface area (Å²) in [5.74, 6) is 0.574. The van der Waals surface area contributed by atoms with E-state index in [9.17, 15) is 4.79 Å². The van der Waals surface area contributed by atoms with Gasteiger partial charge >= 0.3 is 5.97 Å². The first-order valence-electron chi connectivity index (χ1n) is 7.90. The van der Waals surface area contributed by atoms with Crippen LogP contribution in [0.1, 0.15) is 50.4 Å². The summed E-state index contributed by atoms with van der Waals surface area (Å²) in [6, 6.07) is 8.95. The Kier molecular flexibility index (Phi) is 5.17. The van der Waals surface area contributed by atoms with Gasteiger partial charge < -0.3 is 4.84 Å². The number of hydrogen-bond acceptors (Lipinski definition) is 3. The second-order valence-corrected chi connectivity index (χ2v) is 6.83. The maximum absolute atomic E-state index is 11.9. The van der Waals surface area contributed by atoms with Crippen molar-refractivity contribution in [3.8, 4) is 0 Å². The zero-order valence-corrected chi connectivity index (χ0v) is 13.7. The van der Waals surface area contributed by atoms with E-state index >= 15 is 0 Å². The van der Waals surface area contributed by atoms with Gasteiger partial charge in [-0.15, -0.1) is 6.58 Å². The smallest absolute Gasteiger partial charge is 0.313 e. The molecule has 3 nitrogen and oxygen atoms in total. The van der Waals surface area contributed by atoms with E-state index in [4.69, 9.17) is 4.84 Å². The third-order valence-electron chi connectivity index (χ3n) is 4.36. The Balaban J connectivity index is 2.03. The molecular weight excluding hydrogens is 274 g/mol. The number of carbonyl (C=O) groups is 1. The van der Waals surface area contributed by atoms with Crippen LogP contribution < -0.4 is 0 Å². The summed E-state index contributed by atoms with van der Waals surface area (Å²) in [7, 11) is 0. The van der Waals surface area contributed by atoms with Crippen molar-refractivity contribution in [1.82, 2.24) is 0 Å². The van der Waals surface area contributed by atoms with Crippen LogP contribution in [0.3, 0.4) is 0 Å². The largest absolute Gasteiger partial charge is 0.365 e. The normalized spacial score (nSPS) is 25.8. The van der Waals surface area contributed by atoms with E-state index in [1.165, 1.54) is 0 Å². The van der Waals surface area contributed by atoms with Gasteiger partial charge in [0.25, 0.3) is 0 Å². The van der Waals surface area contributed by atoms with E-state index in [0.717, 1.165) is 25.0 Å². The van der Waals surface area contributed by atoms with Crippen molar-refractivity contribution in [3.63, 3.8) is 0 Å². The summed E-state index contributed by atoms with van der Waals surface area (Å²) in [4.78, 5) is 17.1. The van der Waals surface area contributed by atoms with Gasteiger partial charge in [-0.2, -0.15) is 0 Å².